The number of likely N-dealkylation sites (N-methyl/N-ethyl adjacent to an activating group) is 2. The molecule has 0 unspecified atom stereocenters. The molecular formula is C25H33N5O. The number of ether oxygens (including phenoxy) is 1. The molecule has 0 fully saturated rings. The first-order valence-corrected chi connectivity index (χ1v) is 10.5. The molecule has 0 bridgehead atoms. The minimum Gasteiger partial charge on any atom is -0.496 e. The fraction of sp³-hybridized carbons (Fsp3) is 0.320. The van der Waals surface area contributed by atoms with Crippen molar-refractivity contribution in [2.45, 2.75) is 13.8 Å². The van der Waals surface area contributed by atoms with Crippen LogP contribution >= 0.6 is 0 Å². The number of rotatable bonds is 10. The normalized spacial score (nSPS) is 11.4. The largest absolute Gasteiger partial charge is 0.496 e. The van der Waals surface area contributed by atoms with Gasteiger partial charge in [0.25, 0.3) is 0 Å². The zero-order valence-corrected chi connectivity index (χ0v) is 19.2. The maximum atomic E-state index is 5.45. The van der Waals surface area contributed by atoms with Gasteiger partial charge in [0.1, 0.15) is 11.4 Å². The zero-order valence-electron chi connectivity index (χ0n) is 19.2. The summed E-state index contributed by atoms with van der Waals surface area (Å²) in [5, 5.41) is 4.54. The molecule has 0 radical (unpaired) electrons. The highest BCUT2D eigenvalue weighted by molar-refractivity contribution is 5.93. The van der Waals surface area contributed by atoms with Gasteiger partial charge in [-0.05, 0) is 57.8 Å². The zero-order chi connectivity index (χ0) is 22.4. The number of aryl methyl sites for hydroxylation is 1. The summed E-state index contributed by atoms with van der Waals surface area (Å²) in [6, 6.07) is 10.2. The van der Waals surface area contributed by atoms with Gasteiger partial charge in [-0.3, -0.25) is 0 Å². The number of H-pyrrole nitrogens is 1. The molecule has 2 N–H and O–H groups in total. The Morgan fingerprint density at radius 3 is 2.77 bits per heavy atom. The molecule has 0 aliphatic rings. The van der Waals surface area contributed by atoms with Crippen LogP contribution in [0.2, 0.25) is 0 Å². The lowest BCUT2D eigenvalue weighted by Gasteiger charge is -2.25. The van der Waals surface area contributed by atoms with Crippen molar-refractivity contribution in [2.24, 2.45) is 0 Å². The van der Waals surface area contributed by atoms with Gasteiger partial charge in [0.2, 0.25) is 0 Å². The first-order valence-electron chi connectivity index (χ1n) is 10.5. The third kappa shape index (κ3) is 5.67. The van der Waals surface area contributed by atoms with E-state index in [0.29, 0.717) is 0 Å². The van der Waals surface area contributed by atoms with Crippen LogP contribution in [0.25, 0.3) is 17.1 Å². The minimum atomic E-state index is 0.820. The third-order valence-corrected chi connectivity index (χ3v) is 5.19. The molecule has 0 aliphatic carbocycles. The number of aromatic amines is 1. The predicted octanol–water partition coefficient (Wildman–Crippen LogP) is 5.03. The molecular weight excluding hydrogens is 386 g/mol. The van der Waals surface area contributed by atoms with Crippen LogP contribution in [0.3, 0.4) is 0 Å². The Morgan fingerprint density at radius 1 is 1.26 bits per heavy atom. The van der Waals surface area contributed by atoms with Crippen LogP contribution in [0.15, 0.2) is 54.9 Å². The molecule has 2 heterocycles. The van der Waals surface area contributed by atoms with Gasteiger partial charge in [-0.25, -0.2) is 4.98 Å². The molecule has 0 atom stereocenters. The summed E-state index contributed by atoms with van der Waals surface area (Å²) in [4.78, 5) is 12.3. The Kier molecular flexibility index (Phi) is 7.36. The number of methoxy groups -OCH3 is 1. The summed E-state index contributed by atoms with van der Waals surface area (Å²) in [5.74, 6) is 0.865. The predicted molar refractivity (Wildman–Crippen MR) is 131 cm³/mol. The molecule has 164 valence electrons. The van der Waals surface area contributed by atoms with Crippen molar-refractivity contribution in [3.05, 3.63) is 66.1 Å². The minimum absolute atomic E-state index is 0.820. The number of benzene rings is 1. The van der Waals surface area contributed by atoms with Crippen molar-refractivity contribution < 1.29 is 4.74 Å². The smallest absolute Gasteiger partial charge is 0.139 e. The number of pyridine rings is 1. The van der Waals surface area contributed by atoms with E-state index in [-0.39, 0.29) is 0 Å². The van der Waals surface area contributed by atoms with Crippen molar-refractivity contribution in [2.75, 3.05) is 46.2 Å². The Balaban J connectivity index is 1.76. The average molecular weight is 420 g/mol. The molecule has 3 rings (SSSR count). The molecule has 1 aromatic carbocycles. The second-order valence-corrected chi connectivity index (χ2v) is 7.90. The molecule has 0 aliphatic heterocycles. The Bertz CT molecular complexity index is 1070. The monoisotopic (exact) mass is 419 g/mol. The van der Waals surface area contributed by atoms with Gasteiger partial charge in [0.15, 0.2) is 0 Å². The highest BCUT2D eigenvalue weighted by Gasteiger charge is 2.08. The molecule has 0 saturated carbocycles. The van der Waals surface area contributed by atoms with E-state index in [9.17, 15) is 0 Å². The summed E-state index contributed by atoms with van der Waals surface area (Å²) < 4.78 is 5.45. The second-order valence-electron chi connectivity index (χ2n) is 7.90. The van der Waals surface area contributed by atoms with Crippen LogP contribution in [0.1, 0.15) is 18.2 Å². The van der Waals surface area contributed by atoms with Gasteiger partial charge in [-0.1, -0.05) is 18.7 Å². The number of hydrogen-bond acceptors (Lipinski definition) is 5. The molecule has 3 aromatic rings. The van der Waals surface area contributed by atoms with Gasteiger partial charge in [-0.2, -0.15) is 0 Å². The SMILES string of the molecule is C=C(CN(C)C)N(CC)C/C=C/c1cc2c(Nc3ccc(C)c(OC)c3)ccnc2[nH]1. The van der Waals surface area contributed by atoms with Crippen LogP contribution < -0.4 is 10.1 Å². The summed E-state index contributed by atoms with van der Waals surface area (Å²) >= 11 is 0. The topological polar surface area (TPSA) is 56.4 Å². The van der Waals surface area contributed by atoms with E-state index < -0.39 is 0 Å². The molecule has 6 nitrogen and oxygen atoms in total. The van der Waals surface area contributed by atoms with E-state index in [0.717, 1.165) is 64.7 Å². The molecule has 0 amide bonds. The van der Waals surface area contributed by atoms with E-state index in [1.54, 1.807) is 7.11 Å². The molecule has 2 aromatic heterocycles. The van der Waals surface area contributed by atoms with Gasteiger partial charge >= 0.3 is 0 Å². The first kappa shape index (κ1) is 22.4. The summed E-state index contributed by atoms with van der Waals surface area (Å²) in [7, 11) is 5.81. The summed E-state index contributed by atoms with van der Waals surface area (Å²) in [5.41, 5.74) is 6.08. The lowest BCUT2D eigenvalue weighted by Crippen LogP contribution is -2.29. The van der Waals surface area contributed by atoms with Crippen molar-refractivity contribution in [3.63, 3.8) is 0 Å². The second kappa shape index (κ2) is 10.2. The van der Waals surface area contributed by atoms with Crippen LogP contribution in [-0.4, -0.2) is 60.6 Å². The molecule has 0 saturated heterocycles. The van der Waals surface area contributed by atoms with Gasteiger partial charge in [-0.15, -0.1) is 0 Å². The maximum Gasteiger partial charge on any atom is 0.139 e. The van der Waals surface area contributed by atoms with Crippen molar-refractivity contribution in [1.29, 1.82) is 0 Å². The van der Waals surface area contributed by atoms with Crippen molar-refractivity contribution >= 4 is 28.5 Å². The van der Waals surface area contributed by atoms with E-state index in [1.807, 2.05) is 25.3 Å². The highest BCUT2D eigenvalue weighted by atomic mass is 16.5. The Hall–Kier alpha value is -3.25. The standard InChI is InChI=1S/C25H33N5O/c1-7-30(19(3)17-29(4)5)14-8-9-20-15-22-23(12-13-26-25(22)28-20)27-21-11-10-18(2)24(16-21)31-6/h8-13,15-16H,3,7,14,17H2,1-2,4-6H3,(H2,26,27,28)/b9-8+. The first-order chi connectivity index (χ1) is 14.9. The lowest BCUT2D eigenvalue weighted by molar-refractivity contribution is 0.337. The molecule has 31 heavy (non-hydrogen) atoms. The lowest BCUT2D eigenvalue weighted by atomic mass is 10.2. The number of nitrogens with one attached hydrogen (secondary N) is 2. The Labute approximate surface area is 185 Å². The number of aromatic nitrogens is 2. The third-order valence-electron chi connectivity index (χ3n) is 5.19. The fourth-order valence-corrected chi connectivity index (χ4v) is 3.55. The van der Waals surface area contributed by atoms with Crippen LogP contribution in [-0.2, 0) is 0 Å². The quantitative estimate of drug-likeness (QED) is 0.482. The number of hydrogen-bond donors (Lipinski definition) is 2. The number of fused-ring (bicyclic) bond motifs is 1. The van der Waals surface area contributed by atoms with E-state index >= 15 is 0 Å². The summed E-state index contributed by atoms with van der Waals surface area (Å²) in [6.45, 7) is 11.0. The number of anilines is 2. The summed E-state index contributed by atoms with van der Waals surface area (Å²) in [6.07, 6.45) is 6.07. The van der Waals surface area contributed by atoms with Crippen LogP contribution in [0.4, 0.5) is 11.4 Å². The Morgan fingerprint density at radius 2 is 2.06 bits per heavy atom. The van der Waals surface area contributed by atoms with Crippen molar-refractivity contribution in [1.82, 2.24) is 19.8 Å². The van der Waals surface area contributed by atoms with E-state index in [4.69, 9.17) is 4.74 Å². The maximum absolute atomic E-state index is 5.45. The van der Waals surface area contributed by atoms with Gasteiger partial charge < -0.3 is 24.8 Å². The van der Waals surface area contributed by atoms with E-state index in [2.05, 4.69) is 83.0 Å². The van der Waals surface area contributed by atoms with Crippen LogP contribution in [0, 0.1) is 6.92 Å². The molecule has 0 spiro atoms. The highest BCUT2D eigenvalue weighted by Crippen LogP contribution is 2.29. The van der Waals surface area contributed by atoms with Crippen LogP contribution in [0.5, 0.6) is 5.75 Å². The molecule has 6 heteroatoms. The van der Waals surface area contributed by atoms with E-state index in [1.165, 1.54) is 0 Å². The number of nitrogens with zero attached hydrogens (tertiary/aromatic N) is 3. The van der Waals surface area contributed by atoms with Gasteiger partial charge in [0.05, 0.1) is 12.8 Å². The van der Waals surface area contributed by atoms with Crippen molar-refractivity contribution in [3.8, 4) is 5.75 Å². The fourth-order valence-electron chi connectivity index (χ4n) is 3.55. The average Bonchev–Trinajstić information content (AvgIpc) is 3.16. The van der Waals surface area contributed by atoms with Gasteiger partial charge in [0, 0.05) is 54.4 Å².